The number of carbonyl (C=O) groups is 2. The maximum atomic E-state index is 12.5. The lowest BCUT2D eigenvalue weighted by atomic mass is 9.96. The first-order chi connectivity index (χ1) is 10.1. The first-order valence-electron chi connectivity index (χ1n) is 7.41. The molecule has 0 aliphatic carbocycles. The maximum Gasteiger partial charge on any atom is 0.244 e. The minimum absolute atomic E-state index is 0.0283. The van der Waals surface area contributed by atoms with Crippen molar-refractivity contribution in [1.82, 2.24) is 10.2 Å². The van der Waals surface area contributed by atoms with Gasteiger partial charge in [0, 0.05) is 26.6 Å². The number of likely N-dealkylation sites (tertiary alicyclic amines) is 1. The van der Waals surface area contributed by atoms with Crippen LogP contribution in [-0.4, -0.2) is 36.3 Å². The Balaban J connectivity index is 1.94. The molecular formula is C16H23N3O2. The molecule has 5 nitrogen and oxygen atoms in total. The zero-order valence-corrected chi connectivity index (χ0v) is 12.4. The summed E-state index contributed by atoms with van der Waals surface area (Å²) >= 11 is 0. The third kappa shape index (κ3) is 4.29. The van der Waals surface area contributed by atoms with Crippen LogP contribution < -0.4 is 11.1 Å². The Morgan fingerprint density at radius 2 is 2.10 bits per heavy atom. The van der Waals surface area contributed by atoms with Crippen molar-refractivity contribution in [2.75, 3.05) is 19.6 Å². The highest BCUT2D eigenvalue weighted by atomic mass is 16.2. The number of benzene rings is 1. The van der Waals surface area contributed by atoms with Crippen LogP contribution in [0, 0.1) is 5.92 Å². The van der Waals surface area contributed by atoms with Gasteiger partial charge in [0.05, 0.1) is 0 Å². The lowest BCUT2D eigenvalue weighted by Gasteiger charge is -2.34. The summed E-state index contributed by atoms with van der Waals surface area (Å²) < 4.78 is 0. The molecule has 0 saturated carbocycles. The van der Waals surface area contributed by atoms with Crippen LogP contribution in [0.2, 0.25) is 0 Å². The summed E-state index contributed by atoms with van der Waals surface area (Å²) in [4.78, 5) is 25.3. The van der Waals surface area contributed by atoms with Gasteiger partial charge < -0.3 is 16.0 Å². The minimum atomic E-state index is -0.606. The fourth-order valence-electron chi connectivity index (χ4n) is 2.72. The second-order valence-electron chi connectivity index (χ2n) is 5.62. The number of rotatable bonds is 4. The monoisotopic (exact) mass is 289 g/mol. The smallest absolute Gasteiger partial charge is 0.244 e. The second-order valence-corrected chi connectivity index (χ2v) is 5.62. The number of amides is 2. The number of hydrogen-bond acceptors (Lipinski definition) is 3. The molecule has 1 aromatic rings. The average molecular weight is 289 g/mol. The van der Waals surface area contributed by atoms with E-state index in [9.17, 15) is 9.59 Å². The van der Waals surface area contributed by atoms with E-state index < -0.39 is 6.04 Å². The van der Waals surface area contributed by atoms with Gasteiger partial charge in [-0.2, -0.15) is 0 Å². The molecule has 1 aliphatic rings. The number of nitrogens with one attached hydrogen (secondary N) is 1. The first kappa shape index (κ1) is 15.5. The van der Waals surface area contributed by atoms with Crippen LogP contribution >= 0.6 is 0 Å². The van der Waals surface area contributed by atoms with Crippen molar-refractivity contribution in [3.63, 3.8) is 0 Å². The standard InChI is InChI=1S/C16H23N3O2/c1-12(20)18-10-13-6-5-9-19(11-13)16(21)15(17)14-7-3-2-4-8-14/h2-4,7-8,13,15H,5-6,9-11,17H2,1H3,(H,18,20)/t13-,15+/m0/s1. The second kappa shape index (κ2) is 7.22. The van der Waals surface area contributed by atoms with E-state index in [1.54, 1.807) is 0 Å². The van der Waals surface area contributed by atoms with Gasteiger partial charge in [-0.1, -0.05) is 30.3 Å². The Labute approximate surface area is 125 Å². The molecule has 1 aliphatic heterocycles. The van der Waals surface area contributed by atoms with Crippen LogP contribution in [0.15, 0.2) is 30.3 Å². The first-order valence-corrected chi connectivity index (χ1v) is 7.41. The molecule has 0 spiro atoms. The quantitative estimate of drug-likeness (QED) is 0.870. The largest absolute Gasteiger partial charge is 0.356 e. The van der Waals surface area contributed by atoms with Gasteiger partial charge in [-0.05, 0) is 24.3 Å². The van der Waals surface area contributed by atoms with Gasteiger partial charge in [0.25, 0.3) is 0 Å². The van der Waals surface area contributed by atoms with E-state index >= 15 is 0 Å². The molecule has 0 unspecified atom stereocenters. The van der Waals surface area contributed by atoms with E-state index in [1.165, 1.54) is 6.92 Å². The fourth-order valence-corrected chi connectivity index (χ4v) is 2.72. The van der Waals surface area contributed by atoms with Crippen molar-refractivity contribution in [2.24, 2.45) is 11.7 Å². The fraction of sp³-hybridized carbons (Fsp3) is 0.500. The Morgan fingerprint density at radius 1 is 1.38 bits per heavy atom. The normalized spacial score (nSPS) is 19.9. The number of hydrogen-bond donors (Lipinski definition) is 2. The minimum Gasteiger partial charge on any atom is -0.356 e. The van der Waals surface area contributed by atoms with E-state index in [2.05, 4.69) is 5.32 Å². The molecule has 5 heteroatoms. The molecule has 1 saturated heterocycles. The van der Waals surface area contributed by atoms with E-state index in [-0.39, 0.29) is 11.8 Å². The third-order valence-corrected chi connectivity index (χ3v) is 3.90. The molecule has 2 rings (SSSR count). The van der Waals surface area contributed by atoms with E-state index in [0.717, 1.165) is 24.9 Å². The summed E-state index contributed by atoms with van der Waals surface area (Å²) in [5.74, 6) is 0.253. The van der Waals surface area contributed by atoms with Gasteiger partial charge in [-0.3, -0.25) is 9.59 Å². The Bertz CT molecular complexity index is 490. The van der Waals surface area contributed by atoms with Crippen LogP contribution in [-0.2, 0) is 9.59 Å². The summed E-state index contributed by atoms with van der Waals surface area (Å²) in [6.07, 6.45) is 1.99. The van der Waals surface area contributed by atoms with Crippen molar-refractivity contribution in [1.29, 1.82) is 0 Å². The summed E-state index contributed by atoms with van der Waals surface area (Å²) in [6.45, 7) is 3.55. The van der Waals surface area contributed by atoms with E-state index in [1.807, 2.05) is 35.2 Å². The summed E-state index contributed by atoms with van der Waals surface area (Å²) in [7, 11) is 0. The molecule has 0 radical (unpaired) electrons. The molecular weight excluding hydrogens is 266 g/mol. The van der Waals surface area contributed by atoms with Crippen LogP contribution in [0.1, 0.15) is 31.4 Å². The molecule has 1 fully saturated rings. The number of piperidine rings is 1. The van der Waals surface area contributed by atoms with Crippen molar-refractivity contribution in [3.05, 3.63) is 35.9 Å². The predicted molar refractivity (Wildman–Crippen MR) is 81.4 cm³/mol. The highest BCUT2D eigenvalue weighted by molar-refractivity contribution is 5.83. The molecule has 1 aromatic carbocycles. The molecule has 114 valence electrons. The maximum absolute atomic E-state index is 12.5. The van der Waals surface area contributed by atoms with Gasteiger partial charge in [0.2, 0.25) is 11.8 Å². The predicted octanol–water partition coefficient (Wildman–Crippen LogP) is 1.06. The Kier molecular flexibility index (Phi) is 5.33. The molecule has 3 N–H and O–H groups in total. The summed E-state index contributed by atoms with van der Waals surface area (Å²) in [5, 5.41) is 2.83. The number of carbonyl (C=O) groups excluding carboxylic acids is 2. The van der Waals surface area contributed by atoms with E-state index in [0.29, 0.717) is 19.0 Å². The SMILES string of the molecule is CC(=O)NC[C@@H]1CCCN(C(=O)[C@H](N)c2ccccc2)C1. The number of nitrogens with zero attached hydrogens (tertiary/aromatic N) is 1. The molecule has 2 amide bonds. The van der Waals surface area contributed by atoms with Crippen LogP contribution in [0.25, 0.3) is 0 Å². The summed E-state index contributed by atoms with van der Waals surface area (Å²) in [6, 6.07) is 8.83. The Hall–Kier alpha value is -1.88. The van der Waals surface area contributed by atoms with Gasteiger partial charge in [-0.15, -0.1) is 0 Å². The van der Waals surface area contributed by atoms with Crippen LogP contribution in [0.5, 0.6) is 0 Å². The van der Waals surface area contributed by atoms with Crippen molar-refractivity contribution in [2.45, 2.75) is 25.8 Å². The zero-order chi connectivity index (χ0) is 15.2. The lowest BCUT2D eigenvalue weighted by molar-refractivity contribution is -0.134. The van der Waals surface area contributed by atoms with Crippen LogP contribution in [0.3, 0.4) is 0 Å². The molecule has 0 bridgehead atoms. The average Bonchev–Trinajstić information content (AvgIpc) is 2.52. The van der Waals surface area contributed by atoms with Gasteiger partial charge in [-0.25, -0.2) is 0 Å². The number of nitrogens with two attached hydrogens (primary N) is 1. The van der Waals surface area contributed by atoms with Crippen LogP contribution in [0.4, 0.5) is 0 Å². The molecule has 2 atom stereocenters. The highest BCUT2D eigenvalue weighted by Gasteiger charge is 2.27. The van der Waals surface area contributed by atoms with Crippen molar-refractivity contribution < 1.29 is 9.59 Å². The van der Waals surface area contributed by atoms with Crippen molar-refractivity contribution >= 4 is 11.8 Å². The van der Waals surface area contributed by atoms with E-state index in [4.69, 9.17) is 5.73 Å². The highest BCUT2D eigenvalue weighted by Crippen LogP contribution is 2.20. The van der Waals surface area contributed by atoms with Gasteiger partial charge in [0.1, 0.15) is 6.04 Å². The lowest BCUT2D eigenvalue weighted by Crippen LogP contribution is -2.46. The zero-order valence-electron chi connectivity index (χ0n) is 12.4. The van der Waals surface area contributed by atoms with Crippen molar-refractivity contribution in [3.8, 4) is 0 Å². The molecule has 21 heavy (non-hydrogen) atoms. The topological polar surface area (TPSA) is 75.4 Å². The molecule has 0 aromatic heterocycles. The summed E-state index contributed by atoms with van der Waals surface area (Å²) in [5.41, 5.74) is 6.92. The van der Waals surface area contributed by atoms with Gasteiger partial charge in [0.15, 0.2) is 0 Å². The Morgan fingerprint density at radius 3 is 2.76 bits per heavy atom. The molecule has 1 heterocycles. The third-order valence-electron chi connectivity index (χ3n) is 3.90. The van der Waals surface area contributed by atoms with Gasteiger partial charge >= 0.3 is 0 Å².